The van der Waals surface area contributed by atoms with Gasteiger partial charge in [-0.15, -0.1) is 0 Å². The fraction of sp³-hybridized carbons (Fsp3) is 0.750. The minimum Gasteiger partial charge on any atom is -0.394 e. The van der Waals surface area contributed by atoms with Gasteiger partial charge in [-0.05, 0) is 31.7 Å². The summed E-state index contributed by atoms with van der Waals surface area (Å²) in [5.74, 6) is 0.557. The van der Waals surface area contributed by atoms with Crippen molar-refractivity contribution in [1.29, 1.82) is 0 Å². The van der Waals surface area contributed by atoms with Crippen LogP contribution in [0.5, 0.6) is 0 Å². The van der Waals surface area contributed by atoms with E-state index in [2.05, 4.69) is 17.3 Å². The molecule has 17 heavy (non-hydrogen) atoms. The molecule has 0 aliphatic heterocycles. The van der Waals surface area contributed by atoms with Gasteiger partial charge in [0.15, 0.2) is 0 Å². The number of hydrogen-bond donors (Lipinski definition) is 2. The summed E-state index contributed by atoms with van der Waals surface area (Å²) in [5.41, 5.74) is -0.231. The minimum absolute atomic E-state index is 0.148. The molecule has 1 aliphatic rings. The average Bonchev–Trinajstić information content (AvgIpc) is 3.10. The van der Waals surface area contributed by atoms with Crippen molar-refractivity contribution < 1.29 is 5.11 Å². The van der Waals surface area contributed by atoms with E-state index in [1.165, 1.54) is 12.8 Å². The first-order chi connectivity index (χ1) is 8.20. The van der Waals surface area contributed by atoms with Crippen molar-refractivity contribution in [3.05, 3.63) is 17.4 Å². The monoisotopic (exact) mass is 257 g/mol. The van der Waals surface area contributed by atoms with E-state index in [-0.39, 0.29) is 12.1 Å². The molecule has 0 saturated heterocycles. The van der Waals surface area contributed by atoms with Crippen LogP contribution >= 0.6 is 11.6 Å². The highest BCUT2D eigenvalue weighted by atomic mass is 35.5. The molecule has 0 spiro atoms. The largest absolute Gasteiger partial charge is 0.394 e. The highest BCUT2D eigenvalue weighted by Gasteiger charge is 2.44. The second-order valence-corrected chi connectivity index (χ2v) is 5.31. The quantitative estimate of drug-likeness (QED) is 0.781. The number of rotatable bonds is 7. The van der Waals surface area contributed by atoms with Crippen molar-refractivity contribution in [2.24, 2.45) is 5.92 Å². The SMILES string of the molecule is CCCNC(CO)(Cn1cc(Cl)cn1)C1CC1. The van der Waals surface area contributed by atoms with Gasteiger partial charge in [-0.2, -0.15) is 5.10 Å². The van der Waals surface area contributed by atoms with Gasteiger partial charge in [0.25, 0.3) is 0 Å². The van der Waals surface area contributed by atoms with Crippen LogP contribution in [0, 0.1) is 5.92 Å². The molecule has 1 aromatic heterocycles. The molecule has 4 nitrogen and oxygen atoms in total. The smallest absolute Gasteiger partial charge is 0.0785 e. The van der Waals surface area contributed by atoms with Crippen molar-refractivity contribution in [1.82, 2.24) is 15.1 Å². The topological polar surface area (TPSA) is 50.1 Å². The van der Waals surface area contributed by atoms with Crippen LogP contribution in [-0.4, -0.2) is 33.6 Å². The van der Waals surface area contributed by atoms with Crippen molar-refractivity contribution in [2.75, 3.05) is 13.2 Å². The Kier molecular flexibility index (Phi) is 4.07. The van der Waals surface area contributed by atoms with Gasteiger partial charge in [-0.25, -0.2) is 0 Å². The maximum atomic E-state index is 9.75. The Hall–Kier alpha value is -0.580. The predicted octanol–water partition coefficient (Wildman–Crippen LogP) is 1.68. The summed E-state index contributed by atoms with van der Waals surface area (Å²) in [6.07, 6.45) is 6.88. The minimum atomic E-state index is -0.231. The van der Waals surface area contributed by atoms with Gasteiger partial charge in [0.1, 0.15) is 0 Å². The van der Waals surface area contributed by atoms with Crippen molar-refractivity contribution in [3.8, 4) is 0 Å². The maximum absolute atomic E-state index is 9.75. The van der Waals surface area contributed by atoms with Gasteiger partial charge < -0.3 is 10.4 Å². The number of aliphatic hydroxyl groups is 1. The number of hydrogen-bond acceptors (Lipinski definition) is 3. The number of nitrogens with one attached hydrogen (secondary N) is 1. The predicted molar refractivity (Wildman–Crippen MR) is 68.1 cm³/mol. The summed E-state index contributed by atoms with van der Waals surface area (Å²) in [7, 11) is 0. The van der Waals surface area contributed by atoms with Crippen LogP contribution in [0.3, 0.4) is 0 Å². The highest BCUT2D eigenvalue weighted by Crippen LogP contribution is 2.40. The lowest BCUT2D eigenvalue weighted by atomic mass is 9.94. The Morgan fingerprint density at radius 1 is 1.65 bits per heavy atom. The molecular formula is C12H20ClN3O. The van der Waals surface area contributed by atoms with E-state index in [1.807, 2.05) is 10.9 Å². The lowest BCUT2D eigenvalue weighted by Crippen LogP contribution is -2.54. The fourth-order valence-electron chi connectivity index (χ4n) is 2.29. The maximum Gasteiger partial charge on any atom is 0.0785 e. The van der Waals surface area contributed by atoms with E-state index < -0.39 is 0 Å². The summed E-state index contributed by atoms with van der Waals surface area (Å²) < 4.78 is 1.82. The lowest BCUT2D eigenvalue weighted by Gasteiger charge is -2.33. The first kappa shape index (κ1) is 12.9. The molecule has 1 aromatic rings. The molecule has 1 fully saturated rings. The zero-order chi connectivity index (χ0) is 12.3. The van der Waals surface area contributed by atoms with E-state index in [1.54, 1.807) is 6.20 Å². The van der Waals surface area contributed by atoms with E-state index in [9.17, 15) is 5.11 Å². The molecule has 2 N–H and O–H groups in total. The third kappa shape index (κ3) is 3.00. The first-order valence-electron chi connectivity index (χ1n) is 6.24. The molecule has 1 atom stereocenters. The molecule has 0 bridgehead atoms. The summed E-state index contributed by atoms with van der Waals surface area (Å²) in [6, 6.07) is 0. The molecular weight excluding hydrogens is 238 g/mol. The molecule has 0 amide bonds. The van der Waals surface area contributed by atoms with Gasteiger partial charge in [0, 0.05) is 6.20 Å². The Bertz CT molecular complexity index is 364. The third-order valence-corrected chi connectivity index (χ3v) is 3.61. The second-order valence-electron chi connectivity index (χ2n) is 4.87. The number of nitrogens with zero attached hydrogens (tertiary/aromatic N) is 2. The Balaban J connectivity index is 2.08. The summed E-state index contributed by atoms with van der Waals surface area (Å²) >= 11 is 5.87. The zero-order valence-electron chi connectivity index (χ0n) is 10.2. The molecule has 96 valence electrons. The van der Waals surface area contributed by atoms with Gasteiger partial charge in [0.2, 0.25) is 0 Å². The van der Waals surface area contributed by atoms with E-state index in [4.69, 9.17) is 11.6 Å². The highest BCUT2D eigenvalue weighted by molar-refractivity contribution is 6.30. The zero-order valence-corrected chi connectivity index (χ0v) is 11.0. The van der Waals surface area contributed by atoms with Crippen LogP contribution in [0.1, 0.15) is 26.2 Å². The van der Waals surface area contributed by atoms with E-state index in [0.29, 0.717) is 17.5 Å². The standard InChI is InChI=1S/C12H20ClN3O/c1-2-5-14-12(9-17,10-3-4-10)8-16-7-11(13)6-15-16/h6-7,10,14,17H,2-5,8-9H2,1H3. The Morgan fingerprint density at radius 3 is 2.88 bits per heavy atom. The fourth-order valence-corrected chi connectivity index (χ4v) is 2.44. The van der Waals surface area contributed by atoms with Crippen molar-refractivity contribution in [3.63, 3.8) is 0 Å². The number of aliphatic hydroxyl groups excluding tert-OH is 1. The molecule has 1 unspecified atom stereocenters. The van der Waals surface area contributed by atoms with Gasteiger partial charge in [0.05, 0.1) is 29.9 Å². The number of halogens is 1. The van der Waals surface area contributed by atoms with Crippen LogP contribution < -0.4 is 5.32 Å². The number of aromatic nitrogens is 2. The normalized spacial score (nSPS) is 19.2. The van der Waals surface area contributed by atoms with Crippen LogP contribution in [0.25, 0.3) is 0 Å². The van der Waals surface area contributed by atoms with Crippen LogP contribution in [0.4, 0.5) is 0 Å². The van der Waals surface area contributed by atoms with Crippen LogP contribution in [0.15, 0.2) is 12.4 Å². The average molecular weight is 258 g/mol. The third-order valence-electron chi connectivity index (χ3n) is 3.41. The summed E-state index contributed by atoms with van der Waals surface area (Å²) in [6.45, 7) is 3.88. The molecule has 0 aromatic carbocycles. The van der Waals surface area contributed by atoms with Gasteiger partial charge >= 0.3 is 0 Å². The van der Waals surface area contributed by atoms with E-state index >= 15 is 0 Å². The Labute approximate surface area is 107 Å². The van der Waals surface area contributed by atoms with Crippen LogP contribution in [0.2, 0.25) is 5.02 Å². The first-order valence-corrected chi connectivity index (χ1v) is 6.62. The van der Waals surface area contributed by atoms with Crippen molar-refractivity contribution >= 4 is 11.6 Å². The molecule has 5 heteroatoms. The van der Waals surface area contributed by atoms with Crippen LogP contribution in [-0.2, 0) is 6.54 Å². The summed E-state index contributed by atoms with van der Waals surface area (Å²) in [4.78, 5) is 0. The van der Waals surface area contributed by atoms with E-state index in [0.717, 1.165) is 13.0 Å². The molecule has 1 saturated carbocycles. The molecule has 1 aliphatic carbocycles. The summed E-state index contributed by atoms with van der Waals surface area (Å²) in [5, 5.41) is 18.1. The second kappa shape index (κ2) is 5.38. The molecule has 1 heterocycles. The molecule has 2 rings (SSSR count). The van der Waals surface area contributed by atoms with Gasteiger partial charge in [-0.1, -0.05) is 18.5 Å². The van der Waals surface area contributed by atoms with Gasteiger partial charge in [-0.3, -0.25) is 4.68 Å². The molecule has 0 radical (unpaired) electrons. The Morgan fingerprint density at radius 2 is 2.41 bits per heavy atom. The van der Waals surface area contributed by atoms with Crippen molar-refractivity contribution in [2.45, 2.75) is 38.3 Å². The lowest BCUT2D eigenvalue weighted by molar-refractivity contribution is 0.118.